The van der Waals surface area contributed by atoms with Crippen molar-refractivity contribution in [3.63, 3.8) is 0 Å². The van der Waals surface area contributed by atoms with Crippen LogP contribution in [0.25, 0.3) is 0 Å². The molecule has 0 atom stereocenters. The second-order valence-electron chi connectivity index (χ2n) is 4.37. The molecular weight excluding hydrogens is 270 g/mol. The van der Waals surface area contributed by atoms with E-state index in [1.807, 2.05) is 7.05 Å². The Bertz CT molecular complexity index is 473. The number of hydrogen-bond acceptors (Lipinski definition) is 4. The van der Waals surface area contributed by atoms with Crippen LogP contribution in [0.1, 0.15) is 10.4 Å². The number of carbonyl (C=O) groups excluding carboxylic acids is 1. The Morgan fingerprint density at radius 1 is 1.21 bits per heavy atom. The van der Waals surface area contributed by atoms with E-state index in [2.05, 4.69) is 4.90 Å². The van der Waals surface area contributed by atoms with Crippen molar-refractivity contribution >= 4 is 11.6 Å². The average molecular weight is 285 g/mol. The molecule has 0 aliphatic carbocycles. The summed E-state index contributed by atoms with van der Waals surface area (Å²) >= 11 is 0. The smallest absolute Gasteiger partial charge is 0.282 e. The molecule has 7 heteroatoms. The van der Waals surface area contributed by atoms with E-state index in [1.165, 1.54) is 12.1 Å². The Labute approximate surface area is 117 Å². The Kier molecular flexibility index (Phi) is 5.26. The molecule has 0 N–H and O–H groups in total. The van der Waals surface area contributed by atoms with Crippen molar-refractivity contribution in [1.29, 1.82) is 0 Å². The Hall–Kier alpha value is -1.66. The molecule has 1 amide bonds. The molecule has 1 aliphatic rings. The summed E-state index contributed by atoms with van der Waals surface area (Å²) in [7, 11) is 1.99. The van der Waals surface area contributed by atoms with Crippen molar-refractivity contribution in [2.45, 2.75) is 0 Å². The van der Waals surface area contributed by atoms with Crippen LogP contribution >= 0.6 is 0 Å². The molecule has 6 nitrogen and oxygen atoms in total. The number of nitro benzene ring substituents is 1. The highest BCUT2D eigenvalue weighted by Crippen LogP contribution is 2.20. The van der Waals surface area contributed by atoms with Gasteiger partial charge in [0.2, 0.25) is 0 Å². The summed E-state index contributed by atoms with van der Waals surface area (Å²) < 4.78 is 0. The first-order chi connectivity index (χ1) is 8.59. The molecule has 19 heavy (non-hydrogen) atoms. The van der Waals surface area contributed by atoms with Gasteiger partial charge in [-0.2, -0.15) is 0 Å². The number of piperazine rings is 1. The number of hydrogen-bond donors (Lipinski definition) is 0. The van der Waals surface area contributed by atoms with E-state index in [4.69, 9.17) is 0 Å². The monoisotopic (exact) mass is 284 g/mol. The van der Waals surface area contributed by atoms with Gasteiger partial charge in [-0.15, -0.1) is 0 Å². The average Bonchev–Trinajstić information content (AvgIpc) is 2.39. The molecule has 2 rings (SSSR count). The molecule has 1 aliphatic heterocycles. The highest BCUT2D eigenvalue weighted by atomic mass is 35.5. The maximum Gasteiger partial charge on any atom is 0.282 e. The summed E-state index contributed by atoms with van der Waals surface area (Å²) in [5, 5.41) is 10.9. The molecule has 1 saturated heterocycles. The Morgan fingerprint density at radius 3 is 2.37 bits per heavy atom. The number of para-hydroxylation sites is 1. The molecule has 1 aromatic carbocycles. The topological polar surface area (TPSA) is 66.7 Å². The number of amides is 1. The van der Waals surface area contributed by atoms with E-state index in [1.54, 1.807) is 17.0 Å². The zero-order valence-electron chi connectivity index (χ0n) is 10.6. The fourth-order valence-corrected chi connectivity index (χ4v) is 1.99. The van der Waals surface area contributed by atoms with Gasteiger partial charge < -0.3 is 22.2 Å². The maximum atomic E-state index is 12.2. The second-order valence-corrected chi connectivity index (χ2v) is 4.37. The quantitative estimate of drug-likeness (QED) is 0.465. The lowest BCUT2D eigenvalue weighted by Gasteiger charge is -2.32. The molecule has 0 unspecified atom stereocenters. The molecule has 0 radical (unpaired) electrons. The van der Waals surface area contributed by atoms with Gasteiger partial charge in [0.15, 0.2) is 0 Å². The van der Waals surface area contributed by atoms with Gasteiger partial charge in [-0.25, -0.2) is 0 Å². The minimum absolute atomic E-state index is 0. The molecule has 0 aromatic heterocycles. The lowest BCUT2D eigenvalue weighted by atomic mass is 10.1. The summed E-state index contributed by atoms with van der Waals surface area (Å²) in [6.07, 6.45) is 0. The SMILES string of the molecule is CN1CCN(C(=O)c2ccccc2[N+](=O)[O-])CC1.[Cl-]. The van der Waals surface area contributed by atoms with Crippen LogP contribution < -0.4 is 12.4 Å². The lowest BCUT2D eigenvalue weighted by molar-refractivity contribution is -0.385. The number of likely N-dealkylation sites (N-methyl/N-ethyl adjacent to an activating group) is 1. The largest absolute Gasteiger partial charge is 1.00 e. The maximum absolute atomic E-state index is 12.2. The highest BCUT2D eigenvalue weighted by Gasteiger charge is 2.25. The first-order valence-electron chi connectivity index (χ1n) is 5.81. The van der Waals surface area contributed by atoms with Crippen LogP contribution in [-0.4, -0.2) is 53.9 Å². The summed E-state index contributed by atoms with van der Waals surface area (Å²) in [6, 6.07) is 6.09. The van der Waals surface area contributed by atoms with Gasteiger partial charge in [0.05, 0.1) is 4.92 Å². The van der Waals surface area contributed by atoms with Crippen molar-refractivity contribution in [1.82, 2.24) is 9.80 Å². The molecule has 1 fully saturated rings. The Morgan fingerprint density at radius 2 is 1.79 bits per heavy atom. The third kappa shape index (κ3) is 3.42. The lowest BCUT2D eigenvalue weighted by Crippen LogP contribution is -3.00. The molecule has 0 saturated carbocycles. The van der Waals surface area contributed by atoms with E-state index in [0.717, 1.165) is 13.1 Å². The zero-order valence-corrected chi connectivity index (χ0v) is 11.3. The van der Waals surface area contributed by atoms with Gasteiger partial charge in [-0.1, -0.05) is 12.1 Å². The predicted octanol–water partition coefficient (Wildman–Crippen LogP) is -2.01. The van der Waals surface area contributed by atoms with E-state index in [9.17, 15) is 14.9 Å². The number of benzene rings is 1. The van der Waals surface area contributed by atoms with Gasteiger partial charge in [0.1, 0.15) is 5.56 Å². The van der Waals surface area contributed by atoms with Gasteiger partial charge in [0.25, 0.3) is 11.6 Å². The number of carbonyl (C=O) groups is 1. The van der Waals surface area contributed by atoms with Crippen LogP contribution in [0.4, 0.5) is 5.69 Å². The first kappa shape index (κ1) is 15.4. The Balaban J connectivity index is 0.00000180. The van der Waals surface area contributed by atoms with Crippen molar-refractivity contribution in [3.05, 3.63) is 39.9 Å². The molecule has 0 bridgehead atoms. The summed E-state index contributed by atoms with van der Waals surface area (Å²) in [5.74, 6) is -0.254. The minimum Gasteiger partial charge on any atom is -1.00 e. The van der Waals surface area contributed by atoms with Gasteiger partial charge >= 0.3 is 0 Å². The standard InChI is InChI=1S/C12H15N3O3.ClH/c1-13-6-8-14(9-7-13)12(16)10-4-2-3-5-11(10)15(17)18;/h2-5H,6-9H2,1H3;1H/p-1. The zero-order chi connectivity index (χ0) is 13.1. The third-order valence-corrected chi connectivity index (χ3v) is 3.12. The van der Waals surface area contributed by atoms with Crippen LogP contribution in [0.2, 0.25) is 0 Å². The summed E-state index contributed by atoms with van der Waals surface area (Å²) in [4.78, 5) is 26.4. The summed E-state index contributed by atoms with van der Waals surface area (Å²) in [5.41, 5.74) is 0.0495. The van der Waals surface area contributed by atoms with E-state index >= 15 is 0 Å². The number of halogens is 1. The minimum atomic E-state index is -0.511. The van der Waals surface area contributed by atoms with Gasteiger partial charge in [0, 0.05) is 32.2 Å². The first-order valence-corrected chi connectivity index (χ1v) is 5.81. The number of rotatable bonds is 2. The second kappa shape index (κ2) is 6.49. The van der Waals surface area contributed by atoms with Crippen LogP contribution in [0, 0.1) is 10.1 Å². The van der Waals surface area contributed by atoms with E-state index in [-0.39, 0.29) is 29.6 Å². The third-order valence-electron chi connectivity index (χ3n) is 3.12. The van der Waals surface area contributed by atoms with Crippen LogP contribution in [0.5, 0.6) is 0 Å². The van der Waals surface area contributed by atoms with Gasteiger partial charge in [-0.3, -0.25) is 14.9 Å². The normalized spacial score (nSPS) is 15.7. The van der Waals surface area contributed by atoms with E-state index < -0.39 is 4.92 Å². The fourth-order valence-electron chi connectivity index (χ4n) is 1.99. The molecule has 104 valence electrons. The highest BCUT2D eigenvalue weighted by molar-refractivity contribution is 5.98. The number of nitro groups is 1. The van der Waals surface area contributed by atoms with Crippen LogP contribution in [-0.2, 0) is 0 Å². The molecule has 0 spiro atoms. The van der Waals surface area contributed by atoms with Crippen LogP contribution in [0.15, 0.2) is 24.3 Å². The van der Waals surface area contributed by atoms with Crippen molar-refractivity contribution in [2.24, 2.45) is 0 Å². The van der Waals surface area contributed by atoms with Gasteiger partial charge in [-0.05, 0) is 13.1 Å². The molecular formula is C12H15ClN3O3-. The fraction of sp³-hybridized carbons (Fsp3) is 0.417. The van der Waals surface area contributed by atoms with Crippen molar-refractivity contribution in [2.75, 3.05) is 33.2 Å². The van der Waals surface area contributed by atoms with E-state index in [0.29, 0.717) is 13.1 Å². The number of nitrogens with zero attached hydrogens (tertiary/aromatic N) is 3. The summed E-state index contributed by atoms with van der Waals surface area (Å²) in [6.45, 7) is 2.82. The molecule has 1 aromatic rings. The molecule has 1 heterocycles. The predicted molar refractivity (Wildman–Crippen MR) is 66.5 cm³/mol. The van der Waals surface area contributed by atoms with Crippen molar-refractivity contribution < 1.29 is 22.1 Å². The van der Waals surface area contributed by atoms with Crippen LogP contribution in [0.3, 0.4) is 0 Å². The van der Waals surface area contributed by atoms with Crippen molar-refractivity contribution in [3.8, 4) is 0 Å².